The first-order valence-corrected chi connectivity index (χ1v) is 5.32. The molecule has 0 unspecified atom stereocenters. The lowest BCUT2D eigenvalue weighted by Crippen LogP contribution is -2.28. The van der Waals surface area contributed by atoms with Crippen LogP contribution in [0, 0.1) is 0 Å². The number of rotatable bonds is 4. The Bertz CT molecular complexity index is 623. The Balaban J connectivity index is 2.22. The van der Waals surface area contributed by atoms with Gasteiger partial charge in [-0.25, -0.2) is 10.8 Å². The molecule has 18 heavy (non-hydrogen) atoms. The molecule has 0 aliphatic carbocycles. The van der Waals surface area contributed by atoms with Crippen molar-refractivity contribution in [2.24, 2.45) is 5.84 Å². The van der Waals surface area contributed by atoms with E-state index in [-0.39, 0.29) is 18.5 Å². The van der Waals surface area contributed by atoms with Gasteiger partial charge in [-0.05, 0) is 12.1 Å². The number of fused-ring (bicyclic) bond motifs is 1. The Morgan fingerprint density at radius 2 is 2.22 bits per heavy atom. The fraction of sp³-hybridized carbons (Fsp3) is 0.182. The van der Waals surface area contributed by atoms with Gasteiger partial charge in [0.25, 0.3) is 5.56 Å². The number of hydrogen-bond acceptors (Lipinski definition) is 6. The number of hydrazine groups is 1. The Morgan fingerprint density at radius 1 is 1.44 bits per heavy atom. The smallest absolute Gasteiger partial charge is 0.328 e. The summed E-state index contributed by atoms with van der Waals surface area (Å²) in [5.74, 6) is 4.28. The molecule has 1 heterocycles. The minimum absolute atomic E-state index is 0.0319. The lowest BCUT2D eigenvalue weighted by molar-refractivity contribution is -0.151. The molecule has 7 heteroatoms. The first kappa shape index (κ1) is 12.2. The van der Waals surface area contributed by atoms with Crippen LogP contribution in [0.5, 0.6) is 0 Å². The number of carbonyl (C=O) groups excluding carboxylic acids is 1. The molecule has 7 nitrogen and oxygen atoms in total. The summed E-state index contributed by atoms with van der Waals surface area (Å²) < 4.78 is 1.36. The summed E-state index contributed by atoms with van der Waals surface area (Å²) >= 11 is 0. The number of carbonyl (C=O) groups is 1. The predicted molar refractivity (Wildman–Crippen MR) is 64.0 cm³/mol. The van der Waals surface area contributed by atoms with Crippen LogP contribution in [-0.2, 0) is 16.2 Å². The monoisotopic (exact) mass is 248 g/mol. The Kier molecular flexibility index (Phi) is 3.66. The zero-order chi connectivity index (χ0) is 13.0. The van der Waals surface area contributed by atoms with E-state index >= 15 is 0 Å². The molecule has 0 bridgehead atoms. The molecule has 94 valence electrons. The van der Waals surface area contributed by atoms with E-state index in [1.54, 1.807) is 23.8 Å². The normalized spacial score (nSPS) is 10.5. The van der Waals surface area contributed by atoms with Crippen LogP contribution >= 0.6 is 0 Å². The number of nitrogens with zero attached hydrogens (tertiary/aromatic N) is 2. The molecule has 2 rings (SSSR count). The van der Waals surface area contributed by atoms with Gasteiger partial charge >= 0.3 is 5.97 Å². The van der Waals surface area contributed by atoms with Crippen LogP contribution in [0.1, 0.15) is 6.42 Å². The highest BCUT2D eigenvalue weighted by atomic mass is 16.7. The lowest BCUT2D eigenvalue weighted by Gasteiger charge is -2.05. The van der Waals surface area contributed by atoms with Crippen LogP contribution < -0.4 is 17.0 Å². The number of para-hydroxylation sites is 1. The van der Waals surface area contributed by atoms with Crippen molar-refractivity contribution in [3.8, 4) is 0 Å². The number of aromatic nitrogens is 2. The first-order chi connectivity index (χ1) is 8.72. The Hall–Kier alpha value is -2.25. The maximum absolute atomic E-state index is 12.0. The van der Waals surface area contributed by atoms with E-state index in [1.165, 1.54) is 10.9 Å². The average Bonchev–Trinajstić information content (AvgIpc) is 2.39. The summed E-state index contributed by atoms with van der Waals surface area (Å²) in [6.45, 7) is 0.192. The fourth-order valence-corrected chi connectivity index (χ4v) is 1.59. The van der Waals surface area contributed by atoms with E-state index in [0.717, 1.165) is 0 Å². The van der Waals surface area contributed by atoms with Crippen molar-refractivity contribution in [3.63, 3.8) is 0 Å². The molecule has 0 amide bonds. The zero-order valence-corrected chi connectivity index (χ0v) is 9.50. The third-order valence-electron chi connectivity index (χ3n) is 2.46. The van der Waals surface area contributed by atoms with Crippen molar-refractivity contribution in [2.45, 2.75) is 13.0 Å². The minimum Gasteiger partial charge on any atom is -0.356 e. The summed E-state index contributed by atoms with van der Waals surface area (Å²) in [5, 5.41) is 0.519. The maximum atomic E-state index is 12.0. The number of nitrogens with one attached hydrogen (secondary N) is 1. The van der Waals surface area contributed by atoms with Crippen LogP contribution in [0.4, 0.5) is 0 Å². The largest absolute Gasteiger partial charge is 0.356 e. The summed E-state index contributed by atoms with van der Waals surface area (Å²) in [7, 11) is 0. The molecule has 0 saturated heterocycles. The van der Waals surface area contributed by atoms with Gasteiger partial charge in [-0.15, -0.1) is 0 Å². The fourth-order valence-electron chi connectivity index (χ4n) is 1.59. The molecule has 3 N–H and O–H groups in total. The summed E-state index contributed by atoms with van der Waals surface area (Å²) in [4.78, 5) is 31.6. The number of hydrogen-bond donors (Lipinski definition) is 2. The summed E-state index contributed by atoms with van der Waals surface area (Å²) in [6.07, 6.45) is 1.44. The highest BCUT2D eigenvalue weighted by molar-refractivity contribution is 5.77. The molecule has 2 aromatic rings. The molecule has 0 spiro atoms. The second kappa shape index (κ2) is 5.39. The maximum Gasteiger partial charge on any atom is 0.328 e. The van der Waals surface area contributed by atoms with Crippen molar-refractivity contribution >= 4 is 16.9 Å². The van der Waals surface area contributed by atoms with Gasteiger partial charge in [0.1, 0.15) is 0 Å². The van der Waals surface area contributed by atoms with Crippen LogP contribution in [0.25, 0.3) is 10.9 Å². The topological polar surface area (TPSA) is 99.2 Å². The van der Waals surface area contributed by atoms with Crippen LogP contribution in [-0.4, -0.2) is 15.5 Å². The lowest BCUT2D eigenvalue weighted by atomic mass is 10.2. The zero-order valence-electron chi connectivity index (χ0n) is 9.50. The quantitative estimate of drug-likeness (QED) is 0.569. The van der Waals surface area contributed by atoms with Crippen molar-refractivity contribution in [3.05, 3.63) is 40.9 Å². The van der Waals surface area contributed by atoms with E-state index in [1.807, 2.05) is 6.07 Å². The molecule has 1 aromatic carbocycles. The molecule has 0 radical (unpaired) electrons. The van der Waals surface area contributed by atoms with E-state index in [4.69, 9.17) is 5.84 Å². The third-order valence-corrected chi connectivity index (χ3v) is 2.46. The van der Waals surface area contributed by atoms with Crippen LogP contribution in [0.3, 0.4) is 0 Å². The molecule has 0 aliphatic heterocycles. The molecule has 0 fully saturated rings. The van der Waals surface area contributed by atoms with Crippen LogP contribution in [0.2, 0.25) is 0 Å². The van der Waals surface area contributed by atoms with Crippen molar-refractivity contribution in [1.29, 1.82) is 0 Å². The van der Waals surface area contributed by atoms with Gasteiger partial charge in [-0.2, -0.15) is 0 Å². The van der Waals surface area contributed by atoms with E-state index in [9.17, 15) is 9.59 Å². The van der Waals surface area contributed by atoms with Gasteiger partial charge < -0.3 is 4.84 Å². The standard InChI is InChI=1S/C11H12N4O3/c12-14-18-10(16)5-6-15-7-13-9-4-2-1-3-8(9)11(15)17/h1-4,7,14H,5-6,12H2. The second-order valence-electron chi connectivity index (χ2n) is 3.60. The highest BCUT2D eigenvalue weighted by Crippen LogP contribution is 2.04. The minimum atomic E-state index is -0.544. The van der Waals surface area contributed by atoms with E-state index in [0.29, 0.717) is 10.9 Å². The Morgan fingerprint density at radius 3 is 3.00 bits per heavy atom. The number of aryl methyl sites for hydroxylation is 1. The summed E-state index contributed by atoms with van der Waals surface area (Å²) in [5.41, 5.74) is 2.24. The molecule has 0 saturated carbocycles. The molecular weight excluding hydrogens is 236 g/mol. The first-order valence-electron chi connectivity index (χ1n) is 5.32. The van der Waals surface area contributed by atoms with E-state index in [2.05, 4.69) is 9.82 Å². The molecule has 0 atom stereocenters. The SMILES string of the molecule is NNOC(=O)CCn1cnc2ccccc2c1=O. The van der Waals surface area contributed by atoms with Gasteiger partial charge in [0, 0.05) is 6.54 Å². The third kappa shape index (κ3) is 2.53. The predicted octanol–water partition coefficient (Wildman–Crippen LogP) is -0.292. The van der Waals surface area contributed by atoms with Gasteiger partial charge in [0.05, 0.1) is 23.7 Å². The van der Waals surface area contributed by atoms with Gasteiger partial charge in [0.15, 0.2) is 0 Å². The number of nitrogens with two attached hydrogens (primary N) is 1. The Labute approximate surface area is 102 Å². The van der Waals surface area contributed by atoms with Crippen LogP contribution in [0.15, 0.2) is 35.4 Å². The van der Waals surface area contributed by atoms with Gasteiger partial charge in [-0.1, -0.05) is 17.7 Å². The molecular formula is C11H12N4O3. The van der Waals surface area contributed by atoms with Crippen molar-refractivity contribution in [2.75, 3.05) is 0 Å². The molecule has 0 aliphatic rings. The average molecular weight is 248 g/mol. The van der Waals surface area contributed by atoms with Gasteiger partial charge in [-0.3, -0.25) is 14.2 Å². The number of benzene rings is 1. The highest BCUT2D eigenvalue weighted by Gasteiger charge is 2.06. The summed E-state index contributed by atoms with van der Waals surface area (Å²) in [6, 6.07) is 7.03. The van der Waals surface area contributed by atoms with Crippen molar-refractivity contribution in [1.82, 2.24) is 15.1 Å². The van der Waals surface area contributed by atoms with E-state index < -0.39 is 5.97 Å². The van der Waals surface area contributed by atoms with Gasteiger partial charge in [0.2, 0.25) is 0 Å². The molecule has 1 aromatic heterocycles. The second-order valence-corrected chi connectivity index (χ2v) is 3.60. The van der Waals surface area contributed by atoms with Crippen molar-refractivity contribution < 1.29 is 9.63 Å².